The maximum atomic E-state index is 10.5. The molecule has 0 aliphatic rings. The second-order valence-electron chi connectivity index (χ2n) is 2.30. The fraction of sp³-hybridized carbons (Fsp3) is 0.833. The topological polar surface area (TPSA) is 75.3 Å². The average molecular weight is 146 g/mol. The van der Waals surface area contributed by atoms with Gasteiger partial charge in [-0.05, 0) is 5.92 Å². The first-order valence-electron chi connectivity index (χ1n) is 3.28. The van der Waals surface area contributed by atoms with E-state index in [4.69, 9.17) is 10.8 Å². The third-order valence-corrected chi connectivity index (χ3v) is 1.14. The van der Waals surface area contributed by atoms with Crippen LogP contribution in [0.25, 0.3) is 0 Å². The number of aliphatic hydroxyl groups excluding tert-OH is 1. The Labute approximate surface area is 60.4 Å². The molecule has 10 heavy (non-hydrogen) atoms. The minimum atomic E-state index is -0.180. The van der Waals surface area contributed by atoms with Crippen LogP contribution >= 0.6 is 0 Å². The van der Waals surface area contributed by atoms with Crippen LogP contribution in [0, 0.1) is 5.92 Å². The Kier molecular flexibility index (Phi) is 4.88. The molecule has 0 heterocycles. The van der Waals surface area contributed by atoms with E-state index in [0.717, 1.165) is 0 Å². The van der Waals surface area contributed by atoms with Crippen LogP contribution in [0.2, 0.25) is 0 Å². The zero-order chi connectivity index (χ0) is 7.98. The van der Waals surface area contributed by atoms with E-state index < -0.39 is 0 Å². The molecule has 0 aromatic rings. The molecule has 1 amide bonds. The van der Waals surface area contributed by atoms with Crippen molar-refractivity contribution in [1.29, 1.82) is 0 Å². The van der Waals surface area contributed by atoms with Crippen molar-refractivity contribution in [3.63, 3.8) is 0 Å². The van der Waals surface area contributed by atoms with Crippen molar-refractivity contribution in [1.82, 2.24) is 5.32 Å². The van der Waals surface area contributed by atoms with Gasteiger partial charge < -0.3 is 16.2 Å². The highest BCUT2D eigenvalue weighted by Gasteiger charge is 2.01. The first kappa shape index (κ1) is 9.39. The third-order valence-electron chi connectivity index (χ3n) is 1.14. The van der Waals surface area contributed by atoms with Crippen LogP contribution in [0.1, 0.15) is 6.92 Å². The lowest BCUT2D eigenvalue weighted by molar-refractivity contribution is -0.119. The first-order valence-corrected chi connectivity index (χ1v) is 3.28. The van der Waals surface area contributed by atoms with Crippen molar-refractivity contribution in [3.8, 4) is 0 Å². The zero-order valence-corrected chi connectivity index (χ0v) is 6.13. The molecular weight excluding hydrogens is 132 g/mol. The maximum absolute atomic E-state index is 10.5. The van der Waals surface area contributed by atoms with Crippen LogP contribution in [0.4, 0.5) is 0 Å². The summed E-state index contributed by atoms with van der Waals surface area (Å²) in [7, 11) is 0. The minimum absolute atomic E-state index is 0.0121. The highest BCUT2D eigenvalue weighted by Crippen LogP contribution is 1.87. The summed E-state index contributed by atoms with van der Waals surface area (Å²) >= 11 is 0. The Morgan fingerprint density at radius 1 is 1.80 bits per heavy atom. The van der Waals surface area contributed by atoms with Gasteiger partial charge in [0.1, 0.15) is 0 Å². The maximum Gasteiger partial charge on any atom is 0.233 e. The summed E-state index contributed by atoms with van der Waals surface area (Å²) in [6.45, 7) is 2.44. The van der Waals surface area contributed by atoms with Crippen molar-refractivity contribution < 1.29 is 9.90 Å². The van der Waals surface area contributed by atoms with Gasteiger partial charge in [0.2, 0.25) is 5.91 Å². The number of amides is 1. The average Bonchev–Trinajstić information content (AvgIpc) is 1.99. The van der Waals surface area contributed by atoms with Crippen LogP contribution in [0.15, 0.2) is 0 Å². The van der Waals surface area contributed by atoms with Crippen molar-refractivity contribution in [2.24, 2.45) is 11.7 Å². The van der Waals surface area contributed by atoms with E-state index in [9.17, 15) is 4.79 Å². The molecule has 4 nitrogen and oxygen atoms in total. The predicted octanol–water partition coefficient (Wildman–Crippen LogP) is -1.31. The molecule has 0 aliphatic heterocycles. The Balaban J connectivity index is 3.26. The van der Waals surface area contributed by atoms with Crippen molar-refractivity contribution >= 4 is 5.91 Å². The smallest absolute Gasteiger partial charge is 0.233 e. The van der Waals surface area contributed by atoms with Crippen LogP contribution in [0.3, 0.4) is 0 Å². The number of aliphatic hydroxyl groups is 1. The zero-order valence-electron chi connectivity index (χ0n) is 6.13. The molecule has 0 fully saturated rings. The standard InChI is InChI=1S/C6H14N2O2/c1-5(4-9)3-8-6(10)2-7/h5,9H,2-4,7H2,1H3,(H,8,10). The van der Waals surface area contributed by atoms with Gasteiger partial charge >= 0.3 is 0 Å². The number of carbonyl (C=O) groups is 1. The van der Waals surface area contributed by atoms with E-state index >= 15 is 0 Å². The number of carbonyl (C=O) groups excluding carboxylic acids is 1. The normalized spacial score (nSPS) is 12.7. The Hall–Kier alpha value is -0.610. The quantitative estimate of drug-likeness (QED) is 0.461. The van der Waals surface area contributed by atoms with Gasteiger partial charge in [0, 0.05) is 13.2 Å². The van der Waals surface area contributed by atoms with E-state index in [1.165, 1.54) is 0 Å². The molecule has 1 atom stereocenters. The number of rotatable bonds is 4. The van der Waals surface area contributed by atoms with Gasteiger partial charge in [0.15, 0.2) is 0 Å². The van der Waals surface area contributed by atoms with Gasteiger partial charge in [-0.25, -0.2) is 0 Å². The molecule has 1 unspecified atom stereocenters. The highest BCUT2D eigenvalue weighted by atomic mass is 16.3. The lowest BCUT2D eigenvalue weighted by Crippen LogP contribution is -2.34. The van der Waals surface area contributed by atoms with E-state index in [2.05, 4.69) is 5.32 Å². The van der Waals surface area contributed by atoms with Gasteiger partial charge in [-0.3, -0.25) is 4.79 Å². The largest absolute Gasteiger partial charge is 0.396 e. The fourth-order valence-corrected chi connectivity index (χ4v) is 0.425. The summed E-state index contributed by atoms with van der Waals surface area (Å²) in [5.41, 5.74) is 5.03. The molecule has 4 heteroatoms. The summed E-state index contributed by atoms with van der Waals surface area (Å²) in [5.74, 6) is -0.0733. The molecule has 60 valence electrons. The first-order chi connectivity index (χ1) is 4.70. The molecular formula is C6H14N2O2. The molecule has 0 spiro atoms. The summed E-state index contributed by atoms with van der Waals surface area (Å²) in [5, 5.41) is 11.1. The second kappa shape index (κ2) is 5.20. The molecule has 0 saturated carbocycles. The molecule has 0 aromatic carbocycles. The van der Waals surface area contributed by atoms with Crippen LogP contribution in [-0.4, -0.2) is 30.7 Å². The summed E-state index contributed by atoms with van der Waals surface area (Å²) < 4.78 is 0. The SMILES string of the molecule is CC(CO)CNC(=O)CN. The minimum Gasteiger partial charge on any atom is -0.396 e. The second-order valence-corrected chi connectivity index (χ2v) is 2.30. The van der Waals surface area contributed by atoms with Gasteiger partial charge in [0.25, 0.3) is 0 Å². The number of hydrogen-bond donors (Lipinski definition) is 3. The molecule has 0 aromatic heterocycles. The van der Waals surface area contributed by atoms with Crippen molar-refractivity contribution in [3.05, 3.63) is 0 Å². The Morgan fingerprint density at radius 2 is 2.40 bits per heavy atom. The molecule has 0 radical (unpaired) electrons. The Bertz CT molecular complexity index is 106. The summed E-state index contributed by atoms with van der Waals surface area (Å²) in [4.78, 5) is 10.5. The van der Waals surface area contributed by atoms with Gasteiger partial charge in [-0.2, -0.15) is 0 Å². The monoisotopic (exact) mass is 146 g/mol. The molecule has 0 rings (SSSR count). The number of hydrogen-bond acceptors (Lipinski definition) is 3. The molecule has 0 bridgehead atoms. The van der Waals surface area contributed by atoms with E-state index in [1.54, 1.807) is 0 Å². The van der Waals surface area contributed by atoms with Crippen LogP contribution in [-0.2, 0) is 4.79 Å². The number of nitrogens with one attached hydrogen (secondary N) is 1. The lowest BCUT2D eigenvalue weighted by Gasteiger charge is -2.07. The van der Waals surface area contributed by atoms with Gasteiger partial charge in [0.05, 0.1) is 6.54 Å². The van der Waals surface area contributed by atoms with Crippen molar-refractivity contribution in [2.75, 3.05) is 19.7 Å². The fourth-order valence-electron chi connectivity index (χ4n) is 0.425. The lowest BCUT2D eigenvalue weighted by atomic mass is 10.2. The van der Waals surface area contributed by atoms with Gasteiger partial charge in [-0.1, -0.05) is 6.92 Å². The van der Waals surface area contributed by atoms with Crippen molar-refractivity contribution in [2.45, 2.75) is 6.92 Å². The predicted molar refractivity (Wildman–Crippen MR) is 38.3 cm³/mol. The van der Waals surface area contributed by atoms with E-state index in [0.29, 0.717) is 6.54 Å². The van der Waals surface area contributed by atoms with Crippen LogP contribution < -0.4 is 11.1 Å². The molecule has 0 saturated heterocycles. The highest BCUT2D eigenvalue weighted by molar-refractivity contribution is 5.77. The molecule has 0 aliphatic carbocycles. The molecule has 4 N–H and O–H groups in total. The van der Waals surface area contributed by atoms with Gasteiger partial charge in [-0.15, -0.1) is 0 Å². The Morgan fingerprint density at radius 3 is 2.80 bits per heavy atom. The van der Waals surface area contributed by atoms with Crippen LogP contribution in [0.5, 0.6) is 0 Å². The summed E-state index contributed by atoms with van der Waals surface area (Å²) in [6, 6.07) is 0. The third kappa shape index (κ3) is 4.29. The number of nitrogens with two attached hydrogens (primary N) is 1. The van der Waals surface area contributed by atoms with E-state index in [-0.39, 0.29) is 25.0 Å². The summed E-state index contributed by atoms with van der Waals surface area (Å²) in [6.07, 6.45) is 0. The van der Waals surface area contributed by atoms with E-state index in [1.807, 2.05) is 6.92 Å².